The van der Waals surface area contributed by atoms with Gasteiger partial charge in [0.2, 0.25) is 5.91 Å². The number of ether oxygens (including phenoxy) is 2. The SMILES string of the molecule is COc1cc([C@H]2[C@@H]3C(=O)N(c4ccc(Cl)cc4)C(=O)[C@H]3ON2c2ccccc2)ccc1OC(=O)c1ccccc1. The summed E-state index contributed by atoms with van der Waals surface area (Å²) in [5, 5.41) is 2.09. The first-order chi connectivity index (χ1) is 19.5. The van der Waals surface area contributed by atoms with Crippen LogP contribution in [0.1, 0.15) is 22.0 Å². The molecule has 2 amide bonds. The average Bonchev–Trinajstić information content (AvgIpc) is 3.50. The lowest BCUT2D eigenvalue weighted by atomic mass is 9.90. The zero-order chi connectivity index (χ0) is 27.8. The van der Waals surface area contributed by atoms with Gasteiger partial charge in [0.05, 0.1) is 30.1 Å². The van der Waals surface area contributed by atoms with Crippen molar-refractivity contribution in [1.29, 1.82) is 0 Å². The van der Waals surface area contributed by atoms with Crippen LogP contribution in [0, 0.1) is 5.92 Å². The van der Waals surface area contributed by atoms with E-state index >= 15 is 0 Å². The third-order valence-corrected chi connectivity index (χ3v) is 7.20. The molecule has 40 heavy (non-hydrogen) atoms. The molecule has 2 fully saturated rings. The van der Waals surface area contributed by atoms with Crippen molar-refractivity contribution in [3.63, 3.8) is 0 Å². The lowest BCUT2D eigenvalue weighted by Crippen LogP contribution is -2.37. The minimum atomic E-state index is -1.03. The molecule has 200 valence electrons. The van der Waals surface area contributed by atoms with Crippen LogP contribution in [-0.4, -0.2) is 31.0 Å². The van der Waals surface area contributed by atoms with Crippen molar-refractivity contribution < 1.29 is 28.7 Å². The summed E-state index contributed by atoms with van der Waals surface area (Å²) in [6.45, 7) is 0. The number of methoxy groups -OCH3 is 1. The lowest BCUT2D eigenvalue weighted by Gasteiger charge is -2.29. The van der Waals surface area contributed by atoms with Crippen LogP contribution in [0.4, 0.5) is 11.4 Å². The maximum atomic E-state index is 13.8. The van der Waals surface area contributed by atoms with E-state index in [0.717, 1.165) is 4.90 Å². The summed E-state index contributed by atoms with van der Waals surface area (Å²) in [5.41, 5.74) is 2.14. The van der Waals surface area contributed by atoms with Crippen molar-refractivity contribution in [1.82, 2.24) is 0 Å². The highest BCUT2D eigenvalue weighted by molar-refractivity contribution is 6.31. The predicted octanol–water partition coefficient (Wildman–Crippen LogP) is 5.62. The number of para-hydroxylation sites is 1. The number of benzene rings is 4. The summed E-state index contributed by atoms with van der Waals surface area (Å²) in [7, 11) is 1.47. The van der Waals surface area contributed by atoms with E-state index < -0.39 is 29.9 Å². The van der Waals surface area contributed by atoms with Gasteiger partial charge in [0.1, 0.15) is 5.92 Å². The maximum absolute atomic E-state index is 13.8. The van der Waals surface area contributed by atoms with Gasteiger partial charge in [-0.25, -0.2) is 14.8 Å². The summed E-state index contributed by atoms with van der Waals surface area (Å²) in [5.74, 6) is -1.70. The van der Waals surface area contributed by atoms with Crippen molar-refractivity contribution in [3.05, 3.63) is 119 Å². The van der Waals surface area contributed by atoms with Gasteiger partial charge in [0.15, 0.2) is 17.6 Å². The smallest absolute Gasteiger partial charge is 0.343 e. The summed E-state index contributed by atoms with van der Waals surface area (Å²) in [6, 6.07) is 28.8. The number of hydrogen-bond donors (Lipinski definition) is 0. The lowest BCUT2D eigenvalue weighted by molar-refractivity contribution is -0.126. The molecule has 6 rings (SSSR count). The average molecular weight is 555 g/mol. The van der Waals surface area contributed by atoms with E-state index in [9.17, 15) is 14.4 Å². The van der Waals surface area contributed by atoms with Gasteiger partial charge in [-0.2, -0.15) is 0 Å². The predicted molar refractivity (Wildman–Crippen MR) is 148 cm³/mol. The second kappa shape index (κ2) is 10.5. The van der Waals surface area contributed by atoms with E-state index in [1.54, 1.807) is 71.8 Å². The molecule has 0 N–H and O–H groups in total. The maximum Gasteiger partial charge on any atom is 0.343 e. The first-order valence-electron chi connectivity index (χ1n) is 12.6. The fourth-order valence-electron chi connectivity index (χ4n) is 5.08. The molecule has 2 aliphatic rings. The van der Waals surface area contributed by atoms with Crippen LogP contribution in [0.5, 0.6) is 11.5 Å². The van der Waals surface area contributed by atoms with Gasteiger partial charge in [-0.3, -0.25) is 14.4 Å². The largest absolute Gasteiger partial charge is 0.493 e. The number of amides is 2. The molecule has 8 nitrogen and oxygen atoms in total. The molecule has 2 aliphatic heterocycles. The van der Waals surface area contributed by atoms with E-state index in [4.69, 9.17) is 25.9 Å². The first-order valence-corrected chi connectivity index (χ1v) is 12.9. The molecule has 2 heterocycles. The molecular weight excluding hydrogens is 532 g/mol. The van der Waals surface area contributed by atoms with Gasteiger partial charge < -0.3 is 9.47 Å². The summed E-state index contributed by atoms with van der Waals surface area (Å²) < 4.78 is 11.2. The number of halogens is 1. The van der Waals surface area contributed by atoms with E-state index in [1.165, 1.54) is 7.11 Å². The van der Waals surface area contributed by atoms with Crippen molar-refractivity contribution in [3.8, 4) is 11.5 Å². The number of carbonyl (C=O) groups is 3. The molecule has 0 spiro atoms. The highest BCUT2D eigenvalue weighted by Gasteiger charge is 2.60. The molecule has 4 aromatic rings. The number of hydrogen-bond acceptors (Lipinski definition) is 7. The van der Waals surface area contributed by atoms with Gasteiger partial charge in [0.25, 0.3) is 5.91 Å². The Hall–Kier alpha value is -4.66. The quantitative estimate of drug-likeness (QED) is 0.174. The number of hydroxylamine groups is 1. The van der Waals surface area contributed by atoms with Gasteiger partial charge in [-0.05, 0) is 66.2 Å². The molecule has 0 aromatic heterocycles. The zero-order valence-electron chi connectivity index (χ0n) is 21.3. The Morgan fingerprint density at radius 2 is 1.48 bits per heavy atom. The topological polar surface area (TPSA) is 85.4 Å². The van der Waals surface area contributed by atoms with Crippen LogP contribution in [0.3, 0.4) is 0 Å². The van der Waals surface area contributed by atoms with E-state index in [1.807, 2.05) is 36.4 Å². The van der Waals surface area contributed by atoms with Crippen molar-refractivity contribution in [2.75, 3.05) is 17.1 Å². The molecule has 0 bridgehead atoms. The van der Waals surface area contributed by atoms with Gasteiger partial charge in [-0.15, -0.1) is 0 Å². The Kier molecular flexibility index (Phi) is 6.71. The molecule has 0 aliphatic carbocycles. The Bertz CT molecular complexity index is 1580. The van der Waals surface area contributed by atoms with E-state index in [0.29, 0.717) is 33.3 Å². The Morgan fingerprint density at radius 1 is 0.800 bits per heavy atom. The number of nitrogens with zero attached hydrogens (tertiary/aromatic N) is 2. The minimum Gasteiger partial charge on any atom is -0.493 e. The van der Waals surface area contributed by atoms with Crippen molar-refractivity contribution in [2.45, 2.75) is 12.1 Å². The van der Waals surface area contributed by atoms with Gasteiger partial charge in [-0.1, -0.05) is 54.1 Å². The molecule has 0 radical (unpaired) electrons. The fourth-order valence-corrected chi connectivity index (χ4v) is 5.21. The molecule has 0 saturated carbocycles. The normalized spacial score (nSPS) is 20.0. The van der Waals surface area contributed by atoms with Crippen LogP contribution < -0.4 is 19.4 Å². The van der Waals surface area contributed by atoms with Crippen LogP contribution in [0.15, 0.2) is 103 Å². The second-order valence-corrected chi connectivity index (χ2v) is 9.75. The van der Waals surface area contributed by atoms with Gasteiger partial charge in [0, 0.05) is 5.02 Å². The van der Waals surface area contributed by atoms with Crippen LogP contribution >= 0.6 is 11.6 Å². The second-order valence-electron chi connectivity index (χ2n) is 9.31. The van der Waals surface area contributed by atoms with Crippen LogP contribution in [-0.2, 0) is 14.4 Å². The third-order valence-electron chi connectivity index (χ3n) is 6.95. The summed E-state index contributed by atoms with van der Waals surface area (Å²) >= 11 is 6.02. The molecule has 0 unspecified atom stereocenters. The summed E-state index contributed by atoms with van der Waals surface area (Å²) in [6.07, 6.45) is -1.03. The third kappa shape index (κ3) is 4.47. The molecular formula is C31H23ClN2O6. The number of anilines is 2. The number of imide groups is 1. The van der Waals surface area contributed by atoms with E-state index in [2.05, 4.69) is 0 Å². The van der Waals surface area contributed by atoms with Crippen molar-refractivity contribution in [2.24, 2.45) is 5.92 Å². The van der Waals surface area contributed by atoms with Gasteiger partial charge >= 0.3 is 5.97 Å². The Labute approximate surface area is 235 Å². The molecule has 3 atom stereocenters. The Morgan fingerprint density at radius 3 is 2.15 bits per heavy atom. The molecule has 9 heteroatoms. The number of carbonyl (C=O) groups excluding carboxylic acids is 3. The highest BCUT2D eigenvalue weighted by atomic mass is 35.5. The minimum absolute atomic E-state index is 0.221. The van der Waals surface area contributed by atoms with Crippen molar-refractivity contribution >= 4 is 40.8 Å². The standard InChI is InChI=1S/C31H23ClN2O6/c1-38-25-18-20(12-17-24(25)39-31(37)19-8-4-2-5-9-19)27-26-28(40-34(27)23-10-6-3-7-11-23)30(36)33(29(26)35)22-15-13-21(32)14-16-22/h2-18,26-28H,1H3/t26-,27-,28-/m0/s1. The number of rotatable bonds is 6. The zero-order valence-corrected chi connectivity index (χ0v) is 22.0. The first kappa shape index (κ1) is 25.6. The van der Waals surface area contributed by atoms with E-state index in [-0.39, 0.29) is 11.7 Å². The fraction of sp³-hybridized carbons (Fsp3) is 0.129. The van der Waals surface area contributed by atoms with Crippen LogP contribution in [0.2, 0.25) is 5.02 Å². The summed E-state index contributed by atoms with van der Waals surface area (Å²) in [4.78, 5) is 47.4. The molecule has 4 aromatic carbocycles. The number of fused-ring (bicyclic) bond motifs is 1. The number of esters is 1. The molecule has 2 saturated heterocycles. The highest BCUT2D eigenvalue weighted by Crippen LogP contribution is 2.48. The monoisotopic (exact) mass is 554 g/mol. The Balaban J connectivity index is 1.38. The van der Waals surface area contributed by atoms with Crippen LogP contribution in [0.25, 0.3) is 0 Å².